The Morgan fingerprint density at radius 2 is 1.07 bits per heavy atom. The molecule has 0 aliphatic carbocycles. The third-order valence-electron chi connectivity index (χ3n) is 17.7. The van der Waals surface area contributed by atoms with Crippen LogP contribution in [0.3, 0.4) is 0 Å². The van der Waals surface area contributed by atoms with Gasteiger partial charge < -0.3 is 9.15 Å². The Labute approximate surface area is 521 Å². The number of pyridine rings is 1. The van der Waals surface area contributed by atoms with Gasteiger partial charge in [-0.1, -0.05) is 187 Å². The van der Waals surface area contributed by atoms with Gasteiger partial charge in [0.25, 0.3) is 6.33 Å². The summed E-state index contributed by atoms with van der Waals surface area (Å²) in [5, 5.41) is 4.02. The van der Waals surface area contributed by atoms with E-state index in [0.29, 0.717) is 28.2 Å². The third kappa shape index (κ3) is 8.68. The maximum atomic E-state index is 8.98. The van der Waals surface area contributed by atoms with Crippen LogP contribution >= 0.6 is 0 Å². The quantitative estimate of drug-likeness (QED) is 0.118. The molecule has 16 rings (SSSR count). The molecule has 0 N–H and O–H groups in total. The van der Waals surface area contributed by atoms with Crippen molar-refractivity contribution in [3.8, 4) is 95.5 Å². The van der Waals surface area contributed by atoms with Crippen LogP contribution < -0.4 is 9.30 Å². The molecule has 1 aliphatic rings. The molecule has 0 radical (unpaired) electrons. The second kappa shape index (κ2) is 20.0. The number of hydrogen-bond donors (Lipinski definition) is 0. The molecule has 0 saturated carbocycles. The highest BCUT2D eigenvalue weighted by Gasteiger charge is 2.30. The predicted octanol–water partition coefficient (Wildman–Crippen LogP) is 21.4. The predicted molar refractivity (Wildman–Crippen MR) is 363 cm³/mol. The lowest BCUT2D eigenvalue weighted by Crippen LogP contribution is -2.32. The number of aryl methyl sites for hydroxylation is 2. The van der Waals surface area contributed by atoms with Crippen molar-refractivity contribution in [1.82, 2.24) is 14.1 Å². The Morgan fingerprint density at radius 1 is 0.443 bits per heavy atom. The average molecular weight is 1140 g/mol. The van der Waals surface area contributed by atoms with Crippen LogP contribution in [-0.2, 0) is 10.8 Å². The molecule has 5 heterocycles. The molecule has 0 atom stereocenters. The fraction of sp³-hybridized carbons (Fsp3) is 0.122. The minimum Gasteiger partial charge on any atom is -0.458 e. The molecule has 11 aromatic carbocycles. The van der Waals surface area contributed by atoms with E-state index in [0.717, 1.165) is 116 Å². The Balaban J connectivity index is 0.990. The van der Waals surface area contributed by atoms with Crippen molar-refractivity contribution in [3.05, 3.63) is 271 Å². The van der Waals surface area contributed by atoms with Crippen molar-refractivity contribution in [2.45, 2.75) is 66.1 Å². The maximum Gasteiger partial charge on any atom is 0.269 e. The van der Waals surface area contributed by atoms with E-state index in [1.807, 2.05) is 79.0 Å². The van der Waals surface area contributed by atoms with E-state index >= 15 is 0 Å². The van der Waals surface area contributed by atoms with E-state index < -0.39 is 13.7 Å². The highest BCUT2D eigenvalue weighted by atomic mass is 16.5. The normalized spacial score (nSPS) is 13.6. The summed E-state index contributed by atoms with van der Waals surface area (Å²) in [5.74, 6) is 2.08. The fourth-order valence-corrected chi connectivity index (χ4v) is 13.3. The van der Waals surface area contributed by atoms with Gasteiger partial charge in [0.05, 0.1) is 33.4 Å². The lowest BCUT2D eigenvalue weighted by molar-refractivity contribution is -0.570. The molecule has 88 heavy (non-hydrogen) atoms. The van der Waals surface area contributed by atoms with E-state index in [1.54, 1.807) is 0 Å². The van der Waals surface area contributed by atoms with E-state index in [-0.39, 0.29) is 27.5 Å². The Hall–Kier alpha value is -10.6. The van der Waals surface area contributed by atoms with Crippen molar-refractivity contribution >= 4 is 54.8 Å². The zero-order valence-electron chi connectivity index (χ0n) is 55.7. The van der Waals surface area contributed by atoms with Crippen molar-refractivity contribution in [2.24, 2.45) is 0 Å². The number of hydrogen-bond acceptors (Lipinski definition) is 3. The summed E-state index contributed by atoms with van der Waals surface area (Å²) in [5.41, 5.74) is 18.3. The van der Waals surface area contributed by atoms with Gasteiger partial charge in [0.2, 0.25) is 0 Å². The first-order valence-corrected chi connectivity index (χ1v) is 30.0. The molecule has 0 unspecified atom stereocenters. The van der Waals surface area contributed by atoms with Gasteiger partial charge >= 0.3 is 0 Å². The molecule has 4 aromatic heterocycles. The summed E-state index contributed by atoms with van der Waals surface area (Å²) in [6, 6.07) is 80.0. The fourth-order valence-electron chi connectivity index (χ4n) is 13.3. The summed E-state index contributed by atoms with van der Waals surface area (Å²) in [6.07, 6.45) is 5.90. The largest absolute Gasteiger partial charge is 0.458 e. The van der Waals surface area contributed by atoms with E-state index in [2.05, 4.69) is 207 Å². The van der Waals surface area contributed by atoms with Crippen LogP contribution in [0.25, 0.3) is 139 Å². The second-order valence-electron chi connectivity index (χ2n) is 25.3. The van der Waals surface area contributed by atoms with Gasteiger partial charge in [-0.05, 0) is 198 Å². The maximum absolute atomic E-state index is 8.98. The number of furan rings is 1. The van der Waals surface area contributed by atoms with Gasteiger partial charge in [-0.2, -0.15) is 0 Å². The number of imidazole rings is 1. The van der Waals surface area contributed by atoms with Crippen molar-refractivity contribution in [2.75, 3.05) is 0 Å². The van der Waals surface area contributed by atoms with Gasteiger partial charge in [-0.25, -0.2) is 4.98 Å². The summed E-state index contributed by atoms with van der Waals surface area (Å²) < 4.78 is 73.9. The minimum atomic E-state index is -2.68. The zero-order valence-corrected chi connectivity index (χ0v) is 49.7. The molecule has 1 aliphatic heterocycles. The van der Waals surface area contributed by atoms with Crippen molar-refractivity contribution in [3.63, 3.8) is 0 Å². The van der Waals surface area contributed by atoms with E-state index in [4.69, 9.17) is 22.4 Å². The smallest absolute Gasteiger partial charge is 0.269 e. The molecule has 0 amide bonds. The lowest BCUT2D eigenvalue weighted by Gasteiger charge is -2.22. The first-order chi connectivity index (χ1) is 45.1. The molecule has 0 bridgehead atoms. The van der Waals surface area contributed by atoms with Crippen LogP contribution in [0.2, 0.25) is 0 Å². The standard InChI is InChI=1S/C82H64N4O2/c1-50-19-17-20-51(2)78(50)55-43-68(53-33-38-76-69(41-53)67-28-14-16-30-75(67)88-76)79-70(44-55)63-25-11-9-23-61(63)62-24-10-12-26-64(62)71-42-54(52-31-34-56(35-32-52)81(3,4)5)45-74-80(71)85(79)49-84(74)58-21-18-22-59(47-58)87-60-36-37-66-65-27-13-15-29-72(65)86(73(66)48-60)77-46-57(39-40-83-77)82(6,7)8/h9-48H,1-8H3/i1D3,2D3. The summed E-state index contributed by atoms with van der Waals surface area (Å²) in [7, 11) is 0. The van der Waals surface area contributed by atoms with Crippen LogP contribution in [0.5, 0.6) is 11.5 Å². The molecule has 0 fully saturated rings. The van der Waals surface area contributed by atoms with E-state index in [1.165, 1.54) is 29.3 Å². The lowest BCUT2D eigenvalue weighted by atomic mass is 9.85. The highest BCUT2D eigenvalue weighted by molar-refractivity contribution is 6.10. The first-order valence-electron chi connectivity index (χ1n) is 33.0. The molecule has 0 saturated heterocycles. The minimum absolute atomic E-state index is 0.0570. The SMILES string of the molecule is [2H]C([2H])([2H])c1cccc(C([2H])([2H])[2H])c1-c1cc(-c2ccc3oc4ccccc4c3c2)c2c(c1)-c1ccccc1-c1ccccc1-c1cc(-c3ccc(C(C)(C)C)cc3)cc3c1[n+]-2[c-]n3-c1cccc(Oc2ccc3c4ccccc4n(-c4cc(C(C)(C)C)ccn4)c3c2)c1. The van der Waals surface area contributed by atoms with E-state index in [9.17, 15) is 0 Å². The van der Waals surface area contributed by atoms with Crippen LogP contribution in [-0.4, -0.2) is 14.1 Å². The van der Waals surface area contributed by atoms with Gasteiger partial charge in [-0.3, -0.25) is 13.7 Å². The summed E-state index contributed by atoms with van der Waals surface area (Å²) in [4.78, 5) is 4.95. The number of rotatable bonds is 7. The Bertz CT molecular complexity index is 5560. The topological polar surface area (TPSA) is 49.0 Å². The van der Waals surface area contributed by atoms with Crippen LogP contribution in [0.4, 0.5) is 0 Å². The monoisotopic (exact) mass is 1140 g/mol. The third-order valence-corrected chi connectivity index (χ3v) is 17.7. The van der Waals surface area contributed by atoms with Crippen LogP contribution in [0.1, 0.15) is 72.0 Å². The molecule has 15 aromatic rings. The number of ether oxygens (including phenoxy) is 1. The highest BCUT2D eigenvalue weighted by Crippen LogP contribution is 2.49. The van der Waals surface area contributed by atoms with Crippen LogP contribution in [0, 0.1) is 20.0 Å². The molecule has 0 spiro atoms. The number of aromatic nitrogens is 4. The Morgan fingerprint density at radius 3 is 1.82 bits per heavy atom. The number of benzene rings is 11. The molecule has 424 valence electrons. The number of para-hydroxylation sites is 2. The van der Waals surface area contributed by atoms with Crippen molar-refractivity contribution in [1.29, 1.82) is 0 Å². The Kier molecular flexibility index (Phi) is 10.6. The zero-order chi connectivity index (χ0) is 64.7. The summed E-state index contributed by atoms with van der Waals surface area (Å²) in [6.45, 7) is 7.98. The van der Waals surface area contributed by atoms with Gasteiger partial charge in [0, 0.05) is 42.0 Å². The summed E-state index contributed by atoms with van der Waals surface area (Å²) >= 11 is 0. The first kappa shape index (κ1) is 46.7. The van der Waals surface area contributed by atoms with Gasteiger partial charge in [0.1, 0.15) is 28.5 Å². The molecular formula is C82H64N4O2. The molecule has 6 heteroatoms. The number of nitrogens with zero attached hydrogens (tertiary/aromatic N) is 4. The van der Waals surface area contributed by atoms with Crippen LogP contribution in [0.15, 0.2) is 247 Å². The molecular weight excluding hydrogens is 1070 g/mol. The van der Waals surface area contributed by atoms with Gasteiger partial charge in [0.15, 0.2) is 0 Å². The average Bonchev–Trinajstić information content (AvgIpc) is 1.49. The number of fused-ring (bicyclic) bond motifs is 13. The molecule has 6 nitrogen and oxygen atoms in total. The van der Waals surface area contributed by atoms with Gasteiger partial charge in [-0.15, -0.1) is 0 Å². The van der Waals surface area contributed by atoms with Crippen molar-refractivity contribution < 1.29 is 21.9 Å². The second-order valence-corrected chi connectivity index (χ2v) is 25.3.